The van der Waals surface area contributed by atoms with Gasteiger partial charge in [-0.2, -0.15) is 0 Å². The largest absolute Gasteiger partial charge is 0.371 e. The van der Waals surface area contributed by atoms with Gasteiger partial charge in [0.1, 0.15) is 0 Å². The minimum Gasteiger partial charge on any atom is -0.371 e. The minimum absolute atomic E-state index is 0.685. The molecule has 0 aliphatic carbocycles. The molecule has 15 heavy (non-hydrogen) atoms. The average molecular weight is 204 g/mol. The van der Waals surface area contributed by atoms with E-state index in [0.29, 0.717) is 6.04 Å². The van der Waals surface area contributed by atoms with Crippen molar-refractivity contribution in [3.05, 3.63) is 30.3 Å². The van der Waals surface area contributed by atoms with Gasteiger partial charge < -0.3 is 10.2 Å². The third-order valence-electron chi connectivity index (χ3n) is 3.40. The van der Waals surface area contributed by atoms with E-state index in [1.165, 1.54) is 18.7 Å². The van der Waals surface area contributed by atoms with Crippen molar-refractivity contribution in [3.63, 3.8) is 0 Å². The van der Waals surface area contributed by atoms with Crippen molar-refractivity contribution < 1.29 is 0 Å². The van der Waals surface area contributed by atoms with Crippen LogP contribution in [0.25, 0.3) is 0 Å². The molecule has 0 bridgehead atoms. The lowest BCUT2D eigenvalue weighted by Crippen LogP contribution is -2.47. The highest BCUT2D eigenvalue weighted by Crippen LogP contribution is 2.22. The Bertz CT molecular complexity index is 297. The lowest BCUT2D eigenvalue weighted by molar-refractivity contribution is 0.339. The van der Waals surface area contributed by atoms with Gasteiger partial charge in [0.2, 0.25) is 0 Å². The summed E-state index contributed by atoms with van der Waals surface area (Å²) in [6.07, 6.45) is 1.24. The van der Waals surface area contributed by atoms with Crippen LogP contribution >= 0.6 is 0 Å². The van der Waals surface area contributed by atoms with Crippen LogP contribution in [0.1, 0.15) is 13.3 Å². The van der Waals surface area contributed by atoms with Gasteiger partial charge in [0.25, 0.3) is 0 Å². The summed E-state index contributed by atoms with van der Waals surface area (Å²) >= 11 is 0. The van der Waals surface area contributed by atoms with E-state index in [1.54, 1.807) is 0 Å². The van der Waals surface area contributed by atoms with Crippen molar-refractivity contribution >= 4 is 5.69 Å². The number of hydrogen-bond acceptors (Lipinski definition) is 2. The standard InChI is InChI=1S/C13H20N2/c1-11-10-15(9-8-13(11)14-2)12-6-4-3-5-7-12/h3-7,11,13-14H,8-10H2,1-2H3. The number of para-hydroxylation sites is 1. The summed E-state index contributed by atoms with van der Waals surface area (Å²) in [4.78, 5) is 2.48. The van der Waals surface area contributed by atoms with Crippen molar-refractivity contribution in [1.29, 1.82) is 0 Å². The van der Waals surface area contributed by atoms with E-state index in [1.807, 2.05) is 0 Å². The van der Waals surface area contributed by atoms with Crippen molar-refractivity contribution in [2.24, 2.45) is 5.92 Å². The number of rotatable bonds is 2. The highest BCUT2D eigenvalue weighted by molar-refractivity contribution is 5.46. The van der Waals surface area contributed by atoms with Crippen LogP contribution in [-0.4, -0.2) is 26.2 Å². The summed E-state index contributed by atoms with van der Waals surface area (Å²) in [6.45, 7) is 4.66. The van der Waals surface area contributed by atoms with E-state index >= 15 is 0 Å². The summed E-state index contributed by atoms with van der Waals surface area (Å²) < 4.78 is 0. The molecule has 2 unspecified atom stereocenters. The van der Waals surface area contributed by atoms with Gasteiger partial charge in [0.05, 0.1) is 0 Å². The molecule has 2 nitrogen and oxygen atoms in total. The molecule has 2 atom stereocenters. The number of nitrogens with zero attached hydrogens (tertiary/aromatic N) is 1. The fourth-order valence-electron chi connectivity index (χ4n) is 2.45. The van der Waals surface area contributed by atoms with Gasteiger partial charge in [0.15, 0.2) is 0 Å². The van der Waals surface area contributed by atoms with Crippen LogP contribution in [0.4, 0.5) is 5.69 Å². The third-order valence-corrected chi connectivity index (χ3v) is 3.40. The number of piperidine rings is 1. The van der Waals surface area contributed by atoms with Gasteiger partial charge in [-0.1, -0.05) is 25.1 Å². The second-order valence-corrected chi connectivity index (χ2v) is 4.44. The van der Waals surface area contributed by atoms with Crippen LogP contribution in [0.5, 0.6) is 0 Å². The Morgan fingerprint density at radius 1 is 1.27 bits per heavy atom. The molecule has 1 aromatic carbocycles. The Hall–Kier alpha value is -1.02. The molecule has 1 aliphatic rings. The van der Waals surface area contributed by atoms with Crippen molar-refractivity contribution in [2.45, 2.75) is 19.4 Å². The number of anilines is 1. The molecule has 1 aliphatic heterocycles. The molecule has 82 valence electrons. The van der Waals surface area contributed by atoms with Gasteiger partial charge in [0, 0.05) is 24.8 Å². The average Bonchev–Trinajstić information content (AvgIpc) is 2.30. The van der Waals surface area contributed by atoms with Crippen molar-refractivity contribution in [1.82, 2.24) is 5.32 Å². The zero-order chi connectivity index (χ0) is 10.7. The topological polar surface area (TPSA) is 15.3 Å². The lowest BCUT2D eigenvalue weighted by atomic mass is 9.94. The lowest BCUT2D eigenvalue weighted by Gasteiger charge is -2.38. The van der Waals surface area contributed by atoms with Crippen molar-refractivity contribution in [2.75, 3.05) is 25.0 Å². The van der Waals surface area contributed by atoms with E-state index in [-0.39, 0.29) is 0 Å². The fraction of sp³-hybridized carbons (Fsp3) is 0.538. The Kier molecular flexibility index (Phi) is 3.27. The third kappa shape index (κ3) is 2.32. The zero-order valence-corrected chi connectivity index (χ0v) is 9.61. The Morgan fingerprint density at radius 2 is 2.00 bits per heavy atom. The highest BCUT2D eigenvalue weighted by Gasteiger charge is 2.24. The van der Waals surface area contributed by atoms with E-state index in [4.69, 9.17) is 0 Å². The molecule has 0 spiro atoms. The zero-order valence-electron chi connectivity index (χ0n) is 9.61. The first kappa shape index (κ1) is 10.5. The maximum atomic E-state index is 3.40. The number of benzene rings is 1. The smallest absolute Gasteiger partial charge is 0.0366 e. The molecule has 2 heteroatoms. The van der Waals surface area contributed by atoms with Crippen LogP contribution < -0.4 is 10.2 Å². The molecule has 0 saturated carbocycles. The summed E-state index contributed by atoms with van der Waals surface area (Å²) in [5.41, 5.74) is 1.36. The van der Waals surface area contributed by atoms with Crippen LogP contribution in [0.2, 0.25) is 0 Å². The molecule has 1 aromatic rings. The van der Waals surface area contributed by atoms with Gasteiger partial charge >= 0.3 is 0 Å². The van der Waals surface area contributed by atoms with Crippen LogP contribution in [0.15, 0.2) is 30.3 Å². The summed E-state index contributed by atoms with van der Waals surface area (Å²) in [5, 5.41) is 3.40. The van der Waals surface area contributed by atoms with Crippen LogP contribution in [-0.2, 0) is 0 Å². The maximum absolute atomic E-state index is 3.40. The predicted molar refractivity (Wildman–Crippen MR) is 65.3 cm³/mol. The first-order chi connectivity index (χ1) is 7.31. The van der Waals surface area contributed by atoms with E-state index in [9.17, 15) is 0 Å². The first-order valence-electron chi connectivity index (χ1n) is 5.78. The number of nitrogens with one attached hydrogen (secondary N) is 1. The number of hydrogen-bond donors (Lipinski definition) is 1. The van der Waals surface area contributed by atoms with Gasteiger partial charge in [-0.05, 0) is 31.5 Å². The quantitative estimate of drug-likeness (QED) is 0.794. The monoisotopic (exact) mass is 204 g/mol. The van der Waals surface area contributed by atoms with Gasteiger partial charge in [-0.3, -0.25) is 0 Å². The van der Waals surface area contributed by atoms with Gasteiger partial charge in [-0.25, -0.2) is 0 Å². The molecule has 0 aromatic heterocycles. The van der Waals surface area contributed by atoms with E-state index < -0.39 is 0 Å². The molecule has 0 radical (unpaired) electrons. The predicted octanol–water partition coefficient (Wildman–Crippen LogP) is 2.12. The summed E-state index contributed by atoms with van der Waals surface area (Å²) in [7, 11) is 2.07. The minimum atomic E-state index is 0.685. The van der Waals surface area contributed by atoms with Crippen LogP contribution in [0.3, 0.4) is 0 Å². The normalized spacial score (nSPS) is 26.7. The molecular formula is C13H20N2. The first-order valence-corrected chi connectivity index (χ1v) is 5.78. The van der Waals surface area contributed by atoms with E-state index in [0.717, 1.165) is 12.5 Å². The highest BCUT2D eigenvalue weighted by atomic mass is 15.2. The summed E-state index contributed by atoms with van der Waals surface area (Å²) in [5.74, 6) is 0.726. The SMILES string of the molecule is CNC1CCN(c2ccccc2)CC1C. The molecule has 1 heterocycles. The second-order valence-electron chi connectivity index (χ2n) is 4.44. The maximum Gasteiger partial charge on any atom is 0.0366 e. The molecular weight excluding hydrogens is 184 g/mol. The Labute approximate surface area is 92.3 Å². The molecule has 0 amide bonds. The molecule has 1 fully saturated rings. The van der Waals surface area contributed by atoms with Crippen LogP contribution in [0, 0.1) is 5.92 Å². The van der Waals surface area contributed by atoms with Gasteiger partial charge in [-0.15, -0.1) is 0 Å². The Balaban J connectivity index is 2.03. The van der Waals surface area contributed by atoms with Crippen molar-refractivity contribution in [3.8, 4) is 0 Å². The molecule has 1 saturated heterocycles. The molecule has 2 rings (SSSR count). The summed E-state index contributed by atoms with van der Waals surface area (Å²) in [6, 6.07) is 11.4. The Morgan fingerprint density at radius 3 is 2.60 bits per heavy atom. The second kappa shape index (κ2) is 4.67. The van der Waals surface area contributed by atoms with E-state index in [2.05, 4.69) is 54.5 Å². The fourth-order valence-corrected chi connectivity index (χ4v) is 2.45. The molecule has 1 N–H and O–H groups in total.